The van der Waals surface area contributed by atoms with Crippen molar-refractivity contribution in [3.8, 4) is 0 Å². The minimum atomic E-state index is -0.697. The summed E-state index contributed by atoms with van der Waals surface area (Å²) >= 11 is 0. The Kier molecular flexibility index (Phi) is 8.53. The van der Waals surface area contributed by atoms with E-state index in [0.29, 0.717) is 12.1 Å². The van der Waals surface area contributed by atoms with E-state index in [-0.39, 0.29) is 30.5 Å². The second kappa shape index (κ2) is 11.1. The highest BCUT2D eigenvalue weighted by atomic mass is 16.6. The van der Waals surface area contributed by atoms with Gasteiger partial charge in [-0.3, -0.25) is 19.7 Å². The van der Waals surface area contributed by atoms with Crippen LogP contribution >= 0.6 is 0 Å². The Hall–Kier alpha value is -3.22. The van der Waals surface area contributed by atoms with Gasteiger partial charge in [0.25, 0.3) is 5.69 Å². The minimum Gasteiger partial charge on any atom is -0.354 e. The van der Waals surface area contributed by atoms with Gasteiger partial charge >= 0.3 is 0 Å². The van der Waals surface area contributed by atoms with Gasteiger partial charge in [-0.25, -0.2) is 0 Å². The first-order valence-corrected chi connectivity index (χ1v) is 10.2. The average molecular weight is 412 g/mol. The predicted molar refractivity (Wildman–Crippen MR) is 116 cm³/mol. The highest BCUT2D eigenvalue weighted by Gasteiger charge is 2.28. The fraction of sp³-hybridized carbons (Fsp3) is 0.391. The van der Waals surface area contributed by atoms with E-state index in [1.807, 2.05) is 38.1 Å². The number of nitrogens with zero attached hydrogens (tertiary/aromatic N) is 2. The van der Waals surface area contributed by atoms with Gasteiger partial charge in [-0.2, -0.15) is 0 Å². The lowest BCUT2D eigenvalue weighted by atomic mass is 10.0. The van der Waals surface area contributed by atoms with E-state index in [9.17, 15) is 19.7 Å². The molecular weight excluding hydrogens is 382 g/mol. The molecule has 0 radical (unpaired) electrons. The topological polar surface area (TPSA) is 92.6 Å². The number of nitro groups is 1. The number of hydrogen-bond donors (Lipinski definition) is 1. The van der Waals surface area contributed by atoms with Crippen LogP contribution in [0.5, 0.6) is 0 Å². The molecule has 0 aromatic heterocycles. The summed E-state index contributed by atoms with van der Waals surface area (Å²) in [4.78, 5) is 38.2. The maximum Gasteiger partial charge on any atom is 0.273 e. The summed E-state index contributed by atoms with van der Waals surface area (Å²) in [5, 5.41) is 14.2. The number of nitro benzene ring substituents is 1. The van der Waals surface area contributed by atoms with Gasteiger partial charge in [0.2, 0.25) is 11.8 Å². The standard InChI is InChI=1S/C23H29N3O4/c1-4-5-14-24-23(28)18(3)25(16-20-12-7-6-10-17(20)2)22(27)15-19-11-8-9-13-21(19)26(29)30/h6-13,18H,4-5,14-16H2,1-3H3,(H,24,28)/t18-/m0/s1. The third-order valence-electron chi connectivity index (χ3n) is 5.13. The van der Waals surface area contributed by atoms with Crippen molar-refractivity contribution in [3.05, 3.63) is 75.3 Å². The Bertz CT molecular complexity index is 898. The molecule has 7 nitrogen and oxygen atoms in total. The number of carbonyl (C=O) groups is 2. The van der Waals surface area contributed by atoms with Crippen molar-refractivity contribution in [2.45, 2.75) is 52.6 Å². The quantitative estimate of drug-likeness (QED) is 0.366. The molecule has 160 valence electrons. The summed E-state index contributed by atoms with van der Waals surface area (Å²) in [6.45, 7) is 6.49. The fourth-order valence-corrected chi connectivity index (χ4v) is 3.19. The van der Waals surface area contributed by atoms with Gasteiger partial charge in [-0.05, 0) is 31.4 Å². The van der Waals surface area contributed by atoms with Crippen LogP contribution in [0.4, 0.5) is 5.69 Å². The number of unbranched alkanes of at least 4 members (excludes halogenated alkanes) is 1. The number of rotatable bonds is 10. The molecule has 0 aliphatic carbocycles. The van der Waals surface area contributed by atoms with Crippen LogP contribution in [0.1, 0.15) is 43.4 Å². The molecule has 0 aliphatic rings. The number of para-hydroxylation sites is 1. The van der Waals surface area contributed by atoms with E-state index >= 15 is 0 Å². The molecule has 0 fully saturated rings. The third kappa shape index (κ3) is 6.14. The maximum absolute atomic E-state index is 13.2. The number of benzene rings is 2. The first-order chi connectivity index (χ1) is 14.3. The lowest BCUT2D eigenvalue weighted by Gasteiger charge is -2.29. The Morgan fingerprint density at radius 3 is 2.37 bits per heavy atom. The lowest BCUT2D eigenvalue weighted by Crippen LogP contribution is -2.48. The normalized spacial score (nSPS) is 11.6. The molecule has 0 saturated heterocycles. The second-order valence-electron chi connectivity index (χ2n) is 7.33. The highest BCUT2D eigenvalue weighted by Crippen LogP contribution is 2.21. The molecular formula is C23H29N3O4. The van der Waals surface area contributed by atoms with Crippen LogP contribution < -0.4 is 5.32 Å². The third-order valence-corrected chi connectivity index (χ3v) is 5.13. The largest absolute Gasteiger partial charge is 0.354 e. The summed E-state index contributed by atoms with van der Waals surface area (Å²) in [7, 11) is 0. The number of amides is 2. The molecule has 2 rings (SSSR count). The van der Waals surface area contributed by atoms with E-state index in [4.69, 9.17) is 0 Å². The zero-order valence-electron chi connectivity index (χ0n) is 17.8. The molecule has 0 saturated carbocycles. The van der Waals surface area contributed by atoms with Crippen LogP contribution in [0.2, 0.25) is 0 Å². The number of aryl methyl sites for hydroxylation is 1. The molecule has 2 aromatic carbocycles. The first-order valence-electron chi connectivity index (χ1n) is 10.2. The van der Waals surface area contributed by atoms with E-state index in [2.05, 4.69) is 5.32 Å². The van der Waals surface area contributed by atoms with Crippen LogP contribution in [0.25, 0.3) is 0 Å². The molecule has 1 N–H and O–H groups in total. The summed E-state index contributed by atoms with van der Waals surface area (Å²) in [6.07, 6.45) is 1.67. The van der Waals surface area contributed by atoms with Crippen LogP contribution in [0.3, 0.4) is 0 Å². The van der Waals surface area contributed by atoms with Gasteiger partial charge in [0.15, 0.2) is 0 Å². The van der Waals surface area contributed by atoms with Gasteiger partial charge < -0.3 is 10.2 Å². The van der Waals surface area contributed by atoms with Crippen molar-refractivity contribution in [1.82, 2.24) is 10.2 Å². The van der Waals surface area contributed by atoms with Gasteiger partial charge in [0, 0.05) is 24.7 Å². The zero-order valence-corrected chi connectivity index (χ0v) is 17.8. The number of nitrogens with one attached hydrogen (secondary N) is 1. The van der Waals surface area contributed by atoms with Crippen molar-refractivity contribution in [2.24, 2.45) is 0 Å². The molecule has 0 aliphatic heterocycles. The van der Waals surface area contributed by atoms with E-state index < -0.39 is 11.0 Å². The summed E-state index contributed by atoms with van der Waals surface area (Å²) in [6, 6.07) is 13.2. The maximum atomic E-state index is 13.2. The Morgan fingerprint density at radius 2 is 1.73 bits per heavy atom. The van der Waals surface area contributed by atoms with E-state index in [0.717, 1.165) is 24.0 Å². The highest BCUT2D eigenvalue weighted by molar-refractivity contribution is 5.88. The molecule has 30 heavy (non-hydrogen) atoms. The zero-order chi connectivity index (χ0) is 22.1. The first kappa shape index (κ1) is 23.1. The summed E-state index contributed by atoms with van der Waals surface area (Å²) in [5.41, 5.74) is 2.18. The van der Waals surface area contributed by atoms with Crippen LogP contribution in [0, 0.1) is 17.0 Å². The molecule has 0 heterocycles. The van der Waals surface area contributed by atoms with E-state index in [1.165, 1.54) is 11.0 Å². The molecule has 2 aromatic rings. The van der Waals surface area contributed by atoms with Crippen molar-refractivity contribution in [2.75, 3.05) is 6.54 Å². The SMILES string of the molecule is CCCCNC(=O)[C@H](C)N(Cc1ccccc1C)C(=O)Cc1ccccc1[N+](=O)[O-]. The Balaban J connectivity index is 2.28. The smallest absolute Gasteiger partial charge is 0.273 e. The fourth-order valence-electron chi connectivity index (χ4n) is 3.19. The van der Waals surface area contributed by atoms with Crippen LogP contribution in [-0.2, 0) is 22.6 Å². The molecule has 0 bridgehead atoms. The second-order valence-corrected chi connectivity index (χ2v) is 7.33. The average Bonchev–Trinajstić information content (AvgIpc) is 2.73. The molecule has 1 atom stereocenters. The van der Waals surface area contributed by atoms with Gasteiger partial charge in [-0.1, -0.05) is 55.8 Å². The lowest BCUT2D eigenvalue weighted by molar-refractivity contribution is -0.385. The molecule has 0 unspecified atom stereocenters. The summed E-state index contributed by atoms with van der Waals surface area (Å²) < 4.78 is 0. The van der Waals surface area contributed by atoms with Gasteiger partial charge in [0.05, 0.1) is 11.3 Å². The van der Waals surface area contributed by atoms with Gasteiger partial charge in [0.1, 0.15) is 6.04 Å². The number of hydrogen-bond acceptors (Lipinski definition) is 4. The van der Waals surface area contributed by atoms with Crippen molar-refractivity contribution >= 4 is 17.5 Å². The van der Waals surface area contributed by atoms with Crippen molar-refractivity contribution < 1.29 is 14.5 Å². The van der Waals surface area contributed by atoms with Crippen LogP contribution in [-0.4, -0.2) is 34.2 Å². The van der Waals surface area contributed by atoms with Gasteiger partial charge in [-0.15, -0.1) is 0 Å². The van der Waals surface area contributed by atoms with Crippen molar-refractivity contribution in [3.63, 3.8) is 0 Å². The Morgan fingerprint density at radius 1 is 1.10 bits per heavy atom. The number of carbonyl (C=O) groups excluding carboxylic acids is 2. The van der Waals surface area contributed by atoms with Crippen molar-refractivity contribution in [1.29, 1.82) is 0 Å². The Labute approximate surface area is 177 Å². The summed E-state index contributed by atoms with van der Waals surface area (Å²) in [5.74, 6) is -0.557. The van der Waals surface area contributed by atoms with Crippen LogP contribution in [0.15, 0.2) is 48.5 Å². The minimum absolute atomic E-state index is 0.0956. The molecule has 0 spiro atoms. The molecule has 7 heteroatoms. The monoisotopic (exact) mass is 411 g/mol. The predicted octanol–water partition coefficient (Wildman–Crippen LogP) is 3.78. The van der Waals surface area contributed by atoms with E-state index in [1.54, 1.807) is 25.1 Å². The molecule has 2 amide bonds.